The molecule has 1 aliphatic heterocycles. The molecule has 3 unspecified atom stereocenters. The van der Waals surface area contributed by atoms with Crippen LogP contribution in [0.5, 0.6) is 0 Å². The number of rotatable bonds is 12. The number of alkyl halides is 3. The van der Waals surface area contributed by atoms with Crippen molar-refractivity contribution < 1.29 is 26.4 Å². The molecule has 0 radical (unpaired) electrons. The zero-order valence-electron chi connectivity index (χ0n) is 22.6. The number of sulfonamides is 1. The summed E-state index contributed by atoms with van der Waals surface area (Å²) < 4.78 is 67.5. The molecular formula is C28H39ClF3N3O3S. The van der Waals surface area contributed by atoms with E-state index in [1.165, 1.54) is 12.1 Å². The Morgan fingerprint density at radius 1 is 1.08 bits per heavy atom. The Balaban J connectivity index is 0.00000533. The summed E-state index contributed by atoms with van der Waals surface area (Å²) in [6.07, 6.45) is -1.89. The van der Waals surface area contributed by atoms with Gasteiger partial charge in [0.05, 0.1) is 16.6 Å². The summed E-state index contributed by atoms with van der Waals surface area (Å²) in [7, 11) is -3.75. The largest absolute Gasteiger partial charge is 0.416 e. The number of hydrogen-bond donors (Lipinski definition) is 2. The lowest BCUT2D eigenvalue weighted by atomic mass is 9.92. The highest BCUT2D eigenvalue weighted by Gasteiger charge is 2.31. The van der Waals surface area contributed by atoms with Crippen LogP contribution >= 0.6 is 12.4 Å². The van der Waals surface area contributed by atoms with Gasteiger partial charge in [0.25, 0.3) is 0 Å². The number of nitrogens with zero attached hydrogens (tertiary/aromatic N) is 1. The van der Waals surface area contributed by atoms with Crippen molar-refractivity contribution in [2.75, 3.05) is 19.6 Å². The van der Waals surface area contributed by atoms with Gasteiger partial charge in [0.15, 0.2) is 0 Å². The highest BCUT2D eigenvalue weighted by atomic mass is 35.5. The van der Waals surface area contributed by atoms with E-state index < -0.39 is 27.9 Å². The van der Waals surface area contributed by atoms with Gasteiger partial charge in [0.1, 0.15) is 6.29 Å². The van der Waals surface area contributed by atoms with Crippen LogP contribution in [0.3, 0.4) is 0 Å². The Bertz CT molecular complexity index is 1150. The van der Waals surface area contributed by atoms with E-state index in [1.807, 2.05) is 25.7 Å². The van der Waals surface area contributed by atoms with E-state index >= 15 is 0 Å². The zero-order chi connectivity index (χ0) is 27.9. The molecule has 3 atom stereocenters. The number of aryl methyl sites for hydroxylation is 1. The topological polar surface area (TPSA) is 78.5 Å². The average molecular weight is 590 g/mol. The van der Waals surface area contributed by atoms with Crippen LogP contribution in [0.4, 0.5) is 13.2 Å². The van der Waals surface area contributed by atoms with E-state index in [0.717, 1.165) is 37.3 Å². The Hall–Kier alpha value is -1.98. The van der Waals surface area contributed by atoms with Crippen LogP contribution in [-0.4, -0.2) is 51.4 Å². The summed E-state index contributed by atoms with van der Waals surface area (Å²) in [4.78, 5) is 13.5. The van der Waals surface area contributed by atoms with E-state index in [4.69, 9.17) is 0 Å². The molecule has 6 nitrogen and oxygen atoms in total. The van der Waals surface area contributed by atoms with Crippen LogP contribution in [0, 0.1) is 18.8 Å². The van der Waals surface area contributed by atoms with Gasteiger partial charge < -0.3 is 10.1 Å². The number of piperidine rings is 1. The first-order chi connectivity index (χ1) is 17.9. The van der Waals surface area contributed by atoms with Crippen LogP contribution in [-0.2, 0) is 27.4 Å². The number of carbonyl (C=O) groups excluding carboxylic acids is 1. The molecule has 0 spiro atoms. The minimum Gasteiger partial charge on any atom is -0.314 e. The maximum absolute atomic E-state index is 13.0. The molecule has 0 aromatic heterocycles. The van der Waals surface area contributed by atoms with Gasteiger partial charge in [0.2, 0.25) is 10.0 Å². The number of carbonyl (C=O) groups is 1. The second-order valence-electron chi connectivity index (χ2n) is 10.4. The Morgan fingerprint density at radius 3 is 2.31 bits per heavy atom. The predicted molar refractivity (Wildman–Crippen MR) is 149 cm³/mol. The van der Waals surface area contributed by atoms with Crippen LogP contribution in [0.15, 0.2) is 53.4 Å². The number of benzene rings is 2. The fourth-order valence-corrected chi connectivity index (χ4v) is 6.01. The smallest absolute Gasteiger partial charge is 0.314 e. The molecule has 2 aromatic rings. The van der Waals surface area contributed by atoms with Gasteiger partial charge in [-0.25, -0.2) is 8.42 Å². The van der Waals surface area contributed by atoms with Gasteiger partial charge in [-0.1, -0.05) is 42.8 Å². The van der Waals surface area contributed by atoms with Crippen molar-refractivity contribution in [1.29, 1.82) is 0 Å². The second kappa shape index (κ2) is 14.6. The van der Waals surface area contributed by atoms with E-state index in [-0.39, 0.29) is 35.7 Å². The lowest BCUT2D eigenvalue weighted by molar-refractivity contribution is -0.137. The molecule has 11 heteroatoms. The Kier molecular flexibility index (Phi) is 12.4. The maximum atomic E-state index is 13.0. The quantitative estimate of drug-likeness (QED) is 0.333. The summed E-state index contributed by atoms with van der Waals surface area (Å²) in [5, 5.41) is 3.54. The van der Waals surface area contributed by atoms with E-state index in [0.29, 0.717) is 31.0 Å². The maximum Gasteiger partial charge on any atom is 0.416 e. The third kappa shape index (κ3) is 9.86. The van der Waals surface area contributed by atoms with Crippen molar-refractivity contribution in [3.05, 3.63) is 65.2 Å². The number of hydrogen-bond acceptors (Lipinski definition) is 5. The molecule has 1 fully saturated rings. The molecule has 0 aliphatic carbocycles. The molecular weight excluding hydrogens is 551 g/mol. The van der Waals surface area contributed by atoms with Gasteiger partial charge in [0, 0.05) is 12.5 Å². The van der Waals surface area contributed by atoms with Crippen molar-refractivity contribution in [3.63, 3.8) is 0 Å². The first-order valence-corrected chi connectivity index (χ1v) is 14.5. The Labute approximate surface area is 236 Å². The number of aldehydes is 1. The van der Waals surface area contributed by atoms with Gasteiger partial charge in [-0.3, -0.25) is 4.90 Å². The first kappa shape index (κ1) is 33.2. The SMILES string of the molecule is Cc1ccc(S(=O)(=O)NC(CC=O)N2CCC(CNC(C)C(C)Cc3cccc(C(F)(F)F)c3)CC2)cc1.Cl. The lowest BCUT2D eigenvalue weighted by Crippen LogP contribution is -2.52. The van der Waals surface area contributed by atoms with Crippen molar-refractivity contribution in [3.8, 4) is 0 Å². The van der Waals surface area contributed by atoms with Crippen molar-refractivity contribution in [1.82, 2.24) is 14.9 Å². The summed E-state index contributed by atoms with van der Waals surface area (Å²) in [5.74, 6) is 0.534. The summed E-state index contributed by atoms with van der Waals surface area (Å²) in [5.41, 5.74) is 1.01. The third-order valence-corrected chi connectivity index (χ3v) is 8.90. The normalized spacial score (nSPS) is 17.7. The fraction of sp³-hybridized carbons (Fsp3) is 0.536. The van der Waals surface area contributed by atoms with Crippen molar-refractivity contribution >= 4 is 28.7 Å². The molecule has 3 rings (SSSR count). The zero-order valence-corrected chi connectivity index (χ0v) is 24.2. The second-order valence-corrected chi connectivity index (χ2v) is 12.1. The van der Waals surface area contributed by atoms with Crippen LogP contribution in [0.25, 0.3) is 0 Å². The molecule has 2 aromatic carbocycles. The Morgan fingerprint density at radius 2 is 1.72 bits per heavy atom. The molecule has 0 saturated carbocycles. The minimum absolute atomic E-state index is 0. The first-order valence-electron chi connectivity index (χ1n) is 13.0. The van der Waals surface area contributed by atoms with Gasteiger partial charge in [-0.15, -0.1) is 12.4 Å². The molecule has 1 heterocycles. The molecule has 1 aliphatic rings. The molecule has 39 heavy (non-hydrogen) atoms. The van der Waals surface area contributed by atoms with Gasteiger partial charge in [-0.05, 0) is 88.3 Å². The number of nitrogens with one attached hydrogen (secondary N) is 2. The third-order valence-electron chi connectivity index (χ3n) is 7.43. The van der Waals surface area contributed by atoms with E-state index in [9.17, 15) is 26.4 Å². The van der Waals surface area contributed by atoms with E-state index in [1.54, 1.807) is 30.3 Å². The van der Waals surface area contributed by atoms with Crippen molar-refractivity contribution in [2.24, 2.45) is 11.8 Å². The monoisotopic (exact) mass is 589 g/mol. The number of likely N-dealkylation sites (tertiary alicyclic amines) is 1. The van der Waals surface area contributed by atoms with E-state index in [2.05, 4.69) is 10.0 Å². The predicted octanol–water partition coefficient (Wildman–Crippen LogP) is 5.20. The van der Waals surface area contributed by atoms with Gasteiger partial charge >= 0.3 is 6.18 Å². The average Bonchev–Trinajstić information content (AvgIpc) is 2.87. The van der Waals surface area contributed by atoms with Crippen LogP contribution in [0.1, 0.15) is 49.8 Å². The van der Waals surface area contributed by atoms with Crippen LogP contribution in [0.2, 0.25) is 0 Å². The molecule has 0 bridgehead atoms. The standard InChI is InChI=1S/C28H38F3N3O3S.ClH/c1-20-7-9-26(10-8-20)38(36,37)33-27(13-16-35)34-14-11-23(12-15-34)19-32-22(3)21(2)17-24-5-4-6-25(18-24)28(29,30)31;/h4-10,16,18,21-23,27,32-33H,11-15,17,19H2,1-3H3;1H. The van der Waals surface area contributed by atoms with Crippen molar-refractivity contribution in [2.45, 2.75) is 69.7 Å². The summed E-state index contributed by atoms with van der Waals surface area (Å²) in [6.45, 7) is 8.06. The minimum atomic E-state index is -4.34. The highest BCUT2D eigenvalue weighted by Crippen LogP contribution is 2.30. The lowest BCUT2D eigenvalue weighted by Gasteiger charge is -2.37. The van der Waals surface area contributed by atoms with Gasteiger partial charge in [-0.2, -0.15) is 17.9 Å². The summed E-state index contributed by atoms with van der Waals surface area (Å²) >= 11 is 0. The molecule has 218 valence electrons. The molecule has 0 amide bonds. The van der Waals surface area contributed by atoms with Crippen LogP contribution < -0.4 is 10.0 Å². The highest BCUT2D eigenvalue weighted by molar-refractivity contribution is 7.89. The fourth-order valence-electron chi connectivity index (χ4n) is 4.77. The summed E-state index contributed by atoms with van der Waals surface area (Å²) in [6, 6.07) is 12.2. The molecule has 2 N–H and O–H groups in total. The number of halogens is 4. The molecule has 1 saturated heterocycles.